The number of piperidine rings is 1. The zero-order valence-electron chi connectivity index (χ0n) is 23.1. The lowest BCUT2D eigenvalue weighted by Crippen LogP contribution is -2.57. The van der Waals surface area contributed by atoms with E-state index in [1.807, 2.05) is 65.3 Å². The van der Waals surface area contributed by atoms with E-state index in [0.717, 1.165) is 59.5 Å². The SMILES string of the molecule is CC(C)C(c1ccccc1Cl)n1nc(-c2ccc(OC3CC4COCC(C3)N4C)cc2)c2cc(C(N)=O)ccc21. The van der Waals surface area contributed by atoms with Crippen molar-refractivity contribution in [2.45, 2.75) is 50.9 Å². The largest absolute Gasteiger partial charge is 0.490 e. The van der Waals surface area contributed by atoms with Gasteiger partial charge in [-0.05, 0) is 67.1 Å². The molecule has 2 N–H and O–H groups in total. The van der Waals surface area contributed by atoms with Gasteiger partial charge in [-0.2, -0.15) is 5.10 Å². The van der Waals surface area contributed by atoms with Crippen molar-refractivity contribution in [1.29, 1.82) is 0 Å². The Morgan fingerprint density at radius 1 is 1.05 bits per heavy atom. The summed E-state index contributed by atoms with van der Waals surface area (Å²) >= 11 is 6.67. The van der Waals surface area contributed by atoms with Crippen LogP contribution >= 0.6 is 11.6 Å². The van der Waals surface area contributed by atoms with E-state index < -0.39 is 5.91 Å². The van der Waals surface area contributed by atoms with Gasteiger partial charge in [-0.1, -0.05) is 43.6 Å². The molecule has 2 aliphatic rings. The standard InChI is InChI=1S/C32H35ClN4O3/c1-19(2)31(26-6-4-5-7-28(26)33)37-29-13-10-21(32(34)38)14-27(29)30(35-37)20-8-11-24(12-9-20)40-25-15-22-17-39-18-23(16-25)36(22)3/h4-14,19,22-23,25,31H,15-18H2,1-3H3,(H2,34,38). The molecule has 0 aliphatic carbocycles. The molecule has 3 atom stereocenters. The second-order valence-corrected chi connectivity index (χ2v) is 11.8. The second kappa shape index (κ2) is 10.9. The average Bonchev–Trinajstić information content (AvgIpc) is 3.29. The summed E-state index contributed by atoms with van der Waals surface area (Å²) in [6.45, 7) is 5.85. The fourth-order valence-electron chi connectivity index (χ4n) is 6.23. The first kappa shape index (κ1) is 26.8. The minimum Gasteiger partial charge on any atom is -0.490 e. The molecule has 1 amide bonds. The molecule has 40 heavy (non-hydrogen) atoms. The van der Waals surface area contributed by atoms with Crippen LogP contribution < -0.4 is 10.5 Å². The summed E-state index contributed by atoms with van der Waals surface area (Å²) in [5.74, 6) is 0.584. The van der Waals surface area contributed by atoms with Crippen molar-refractivity contribution in [3.63, 3.8) is 0 Å². The van der Waals surface area contributed by atoms with E-state index in [1.165, 1.54) is 0 Å². The number of amides is 1. The van der Waals surface area contributed by atoms with Gasteiger partial charge in [0.05, 0.1) is 24.8 Å². The molecule has 0 saturated carbocycles. The Bertz CT molecular complexity index is 1520. The van der Waals surface area contributed by atoms with Crippen LogP contribution in [0.15, 0.2) is 66.7 Å². The third-order valence-corrected chi connectivity index (χ3v) is 8.73. The van der Waals surface area contributed by atoms with E-state index in [1.54, 1.807) is 6.07 Å². The zero-order chi connectivity index (χ0) is 28.0. The second-order valence-electron chi connectivity index (χ2n) is 11.3. The summed E-state index contributed by atoms with van der Waals surface area (Å²) in [6.07, 6.45) is 2.08. The predicted octanol–water partition coefficient (Wildman–Crippen LogP) is 5.94. The highest BCUT2D eigenvalue weighted by atomic mass is 35.5. The number of nitrogens with zero attached hydrogens (tertiary/aromatic N) is 3. The molecule has 6 rings (SSSR count). The first-order valence-electron chi connectivity index (χ1n) is 13.9. The number of carbonyl (C=O) groups excluding carboxylic acids is 1. The van der Waals surface area contributed by atoms with E-state index in [-0.39, 0.29) is 18.1 Å². The van der Waals surface area contributed by atoms with Gasteiger partial charge in [0, 0.05) is 46.5 Å². The molecule has 2 bridgehead atoms. The number of morpholine rings is 1. The van der Waals surface area contributed by atoms with Crippen LogP contribution in [0.2, 0.25) is 5.02 Å². The predicted molar refractivity (Wildman–Crippen MR) is 158 cm³/mol. The lowest BCUT2D eigenvalue weighted by atomic mass is 9.92. The summed E-state index contributed by atoms with van der Waals surface area (Å²) in [6, 6.07) is 22.2. The summed E-state index contributed by atoms with van der Waals surface area (Å²) in [5, 5.41) is 6.70. The molecule has 1 aromatic heterocycles. The average molecular weight is 559 g/mol. The third kappa shape index (κ3) is 4.98. The molecule has 0 radical (unpaired) electrons. The lowest BCUT2D eigenvalue weighted by molar-refractivity contribution is -0.0879. The number of carbonyl (C=O) groups is 1. The Morgan fingerprint density at radius 2 is 1.75 bits per heavy atom. The Morgan fingerprint density at radius 3 is 2.40 bits per heavy atom. The number of primary amides is 1. The monoisotopic (exact) mass is 558 g/mol. The maximum absolute atomic E-state index is 12.1. The van der Waals surface area contributed by atoms with Crippen LogP contribution in [0.3, 0.4) is 0 Å². The molecule has 3 unspecified atom stereocenters. The number of hydrogen-bond donors (Lipinski definition) is 1. The maximum Gasteiger partial charge on any atom is 0.248 e. The molecule has 4 aromatic rings. The number of nitrogens with two attached hydrogens (primary N) is 1. The Balaban J connectivity index is 1.36. The summed E-state index contributed by atoms with van der Waals surface area (Å²) in [5.41, 5.74) is 9.75. The van der Waals surface area contributed by atoms with Gasteiger partial charge < -0.3 is 15.2 Å². The normalized spacial score (nSPS) is 22.0. The van der Waals surface area contributed by atoms with Gasteiger partial charge in [-0.3, -0.25) is 14.4 Å². The number of aromatic nitrogens is 2. The van der Waals surface area contributed by atoms with Gasteiger partial charge in [-0.15, -0.1) is 0 Å². The number of fused-ring (bicyclic) bond motifs is 3. The van der Waals surface area contributed by atoms with Crippen LogP contribution in [0.5, 0.6) is 5.75 Å². The molecular weight excluding hydrogens is 524 g/mol. The van der Waals surface area contributed by atoms with Gasteiger partial charge in [0.25, 0.3) is 0 Å². The molecule has 8 heteroatoms. The van der Waals surface area contributed by atoms with Crippen molar-refractivity contribution in [1.82, 2.24) is 14.7 Å². The Kier molecular flexibility index (Phi) is 7.29. The highest BCUT2D eigenvalue weighted by Gasteiger charge is 2.37. The van der Waals surface area contributed by atoms with Crippen LogP contribution in [0.1, 0.15) is 48.7 Å². The zero-order valence-corrected chi connectivity index (χ0v) is 23.8. The maximum atomic E-state index is 12.1. The highest BCUT2D eigenvalue weighted by Crippen LogP contribution is 2.38. The van der Waals surface area contributed by atoms with Crippen molar-refractivity contribution in [2.24, 2.45) is 11.7 Å². The van der Waals surface area contributed by atoms with Crippen molar-refractivity contribution in [2.75, 3.05) is 20.3 Å². The number of benzene rings is 3. The van der Waals surface area contributed by atoms with E-state index in [9.17, 15) is 4.79 Å². The van der Waals surface area contributed by atoms with Crippen LogP contribution in [-0.4, -0.2) is 59.0 Å². The number of halogens is 1. The van der Waals surface area contributed by atoms with Crippen molar-refractivity contribution < 1.29 is 14.3 Å². The molecule has 2 fully saturated rings. The third-order valence-electron chi connectivity index (χ3n) is 8.38. The minimum absolute atomic E-state index is 0.0974. The van der Waals surface area contributed by atoms with Crippen molar-refractivity contribution in [3.8, 4) is 17.0 Å². The van der Waals surface area contributed by atoms with Crippen molar-refractivity contribution >= 4 is 28.4 Å². The van der Waals surface area contributed by atoms with Gasteiger partial charge in [0.2, 0.25) is 5.91 Å². The van der Waals surface area contributed by atoms with Crippen LogP contribution in [0, 0.1) is 5.92 Å². The number of ether oxygens (including phenoxy) is 2. The Labute approximate surface area is 239 Å². The molecule has 208 valence electrons. The van der Waals surface area contributed by atoms with E-state index in [4.69, 9.17) is 31.9 Å². The van der Waals surface area contributed by atoms with Crippen LogP contribution in [-0.2, 0) is 4.74 Å². The Hall–Kier alpha value is -3.39. The molecule has 3 aromatic carbocycles. The molecular formula is C32H35ClN4O3. The number of hydrogen-bond acceptors (Lipinski definition) is 5. The highest BCUT2D eigenvalue weighted by molar-refractivity contribution is 6.31. The molecule has 3 heterocycles. The van der Waals surface area contributed by atoms with Crippen LogP contribution in [0.25, 0.3) is 22.2 Å². The molecule has 7 nitrogen and oxygen atoms in total. The summed E-state index contributed by atoms with van der Waals surface area (Å²) < 4.78 is 14.2. The van der Waals surface area contributed by atoms with Crippen molar-refractivity contribution in [3.05, 3.63) is 82.9 Å². The quantitative estimate of drug-likeness (QED) is 0.303. The lowest BCUT2D eigenvalue weighted by Gasteiger charge is -2.46. The fourth-order valence-corrected chi connectivity index (χ4v) is 6.48. The van der Waals surface area contributed by atoms with Crippen LogP contribution in [0.4, 0.5) is 0 Å². The van der Waals surface area contributed by atoms with Gasteiger partial charge in [0.15, 0.2) is 0 Å². The van der Waals surface area contributed by atoms with E-state index >= 15 is 0 Å². The summed E-state index contributed by atoms with van der Waals surface area (Å²) in [4.78, 5) is 14.5. The van der Waals surface area contributed by atoms with Gasteiger partial charge >= 0.3 is 0 Å². The van der Waals surface area contributed by atoms with Gasteiger partial charge in [-0.25, -0.2) is 0 Å². The molecule has 2 saturated heterocycles. The number of rotatable bonds is 7. The smallest absolute Gasteiger partial charge is 0.248 e. The first-order valence-corrected chi connectivity index (χ1v) is 14.3. The first-order chi connectivity index (χ1) is 19.3. The minimum atomic E-state index is -0.468. The fraction of sp³-hybridized carbons (Fsp3) is 0.375. The topological polar surface area (TPSA) is 82.6 Å². The molecule has 2 aliphatic heterocycles. The molecule has 0 spiro atoms. The van der Waals surface area contributed by atoms with Gasteiger partial charge in [0.1, 0.15) is 17.5 Å². The number of likely N-dealkylation sites (N-methyl/N-ethyl adjacent to an activating group) is 1. The summed E-state index contributed by atoms with van der Waals surface area (Å²) in [7, 11) is 2.19. The van der Waals surface area contributed by atoms with E-state index in [0.29, 0.717) is 22.7 Å². The van der Waals surface area contributed by atoms with E-state index in [2.05, 4.69) is 25.8 Å².